The van der Waals surface area contributed by atoms with Crippen molar-refractivity contribution in [1.29, 1.82) is 0 Å². The van der Waals surface area contributed by atoms with E-state index in [0.717, 1.165) is 11.8 Å². The lowest BCUT2D eigenvalue weighted by molar-refractivity contribution is 0.602. The number of halogens is 1. The standard InChI is InChI=1S/C9H12ClNO2S/c1-11-6-7-3-4-9(8(10)5-7)14(2,12)13/h3-5,11H,6H2,1-2H3. The van der Waals surface area contributed by atoms with Gasteiger partial charge in [-0.2, -0.15) is 0 Å². The molecule has 3 nitrogen and oxygen atoms in total. The molecule has 1 N–H and O–H groups in total. The fourth-order valence-corrected chi connectivity index (χ4v) is 2.51. The summed E-state index contributed by atoms with van der Waals surface area (Å²) in [6, 6.07) is 4.94. The van der Waals surface area contributed by atoms with Gasteiger partial charge in [-0.25, -0.2) is 8.42 Å². The number of sulfone groups is 1. The van der Waals surface area contributed by atoms with E-state index >= 15 is 0 Å². The molecule has 0 saturated heterocycles. The lowest BCUT2D eigenvalue weighted by atomic mass is 10.2. The van der Waals surface area contributed by atoms with Crippen molar-refractivity contribution in [3.63, 3.8) is 0 Å². The van der Waals surface area contributed by atoms with Crippen molar-refractivity contribution >= 4 is 21.4 Å². The minimum atomic E-state index is -3.22. The molecule has 0 bridgehead atoms. The third-order valence-electron chi connectivity index (χ3n) is 1.78. The minimum absolute atomic E-state index is 0.180. The molecule has 0 radical (unpaired) electrons. The van der Waals surface area contributed by atoms with E-state index in [0.29, 0.717) is 6.54 Å². The summed E-state index contributed by atoms with van der Waals surface area (Å²) in [6.45, 7) is 0.670. The Morgan fingerprint density at radius 3 is 2.50 bits per heavy atom. The Balaban J connectivity index is 3.15. The number of rotatable bonds is 3. The molecule has 0 spiro atoms. The summed E-state index contributed by atoms with van der Waals surface area (Å²) in [6.07, 6.45) is 1.14. The average molecular weight is 234 g/mol. The first-order valence-electron chi connectivity index (χ1n) is 4.08. The van der Waals surface area contributed by atoms with Gasteiger partial charge in [-0.15, -0.1) is 0 Å². The Labute approximate surface area is 89.0 Å². The first kappa shape index (κ1) is 11.5. The van der Waals surface area contributed by atoms with E-state index in [1.807, 2.05) is 7.05 Å². The van der Waals surface area contributed by atoms with Gasteiger partial charge in [0.05, 0.1) is 9.92 Å². The third kappa shape index (κ3) is 2.70. The van der Waals surface area contributed by atoms with Gasteiger partial charge in [0.15, 0.2) is 9.84 Å². The molecule has 1 rings (SSSR count). The highest BCUT2D eigenvalue weighted by atomic mass is 35.5. The van der Waals surface area contributed by atoms with E-state index in [-0.39, 0.29) is 9.92 Å². The van der Waals surface area contributed by atoms with Crippen molar-refractivity contribution in [3.8, 4) is 0 Å². The van der Waals surface area contributed by atoms with E-state index in [9.17, 15) is 8.42 Å². The Morgan fingerprint density at radius 2 is 2.07 bits per heavy atom. The van der Waals surface area contributed by atoms with E-state index in [2.05, 4.69) is 5.32 Å². The zero-order valence-corrected chi connectivity index (χ0v) is 9.61. The Morgan fingerprint density at radius 1 is 1.43 bits per heavy atom. The van der Waals surface area contributed by atoms with Crippen LogP contribution >= 0.6 is 11.6 Å². The van der Waals surface area contributed by atoms with E-state index in [1.54, 1.807) is 12.1 Å². The predicted octanol–water partition coefficient (Wildman–Crippen LogP) is 1.46. The molecule has 0 fully saturated rings. The predicted molar refractivity (Wildman–Crippen MR) is 57.3 cm³/mol. The molecule has 1 aromatic carbocycles. The van der Waals surface area contributed by atoms with Crippen LogP contribution in [0.4, 0.5) is 0 Å². The fourth-order valence-electron chi connectivity index (χ4n) is 1.16. The van der Waals surface area contributed by atoms with Gasteiger partial charge < -0.3 is 5.32 Å². The summed E-state index contributed by atoms with van der Waals surface area (Å²) in [5.41, 5.74) is 0.963. The van der Waals surface area contributed by atoms with Gasteiger partial charge in [-0.3, -0.25) is 0 Å². The highest BCUT2D eigenvalue weighted by Gasteiger charge is 2.11. The maximum atomic E-state index is 11.2. The molecular weight excluding hydrogens is 222 g/mol. The van der Waals surface area contributed by atoms with Gasteiger partial charge in [-0.05, 0) is 24.7 Å². The van der Waals surface area contributed by atoms with Crippen LogP contribution in [0.3, 0.4) is 0 Å². The lowest BCUT2D eigenvalue weighted by Gasteiger charge is -2.04. The topological polar surface area (TPSA) is 46.2 Å². The molecule has 0 aliphatic rings. The van der Waals surface area contributed by atoms with Crippen LogP contribution in [0.1, 0.15) is 5.56 Å². The lowest BCUT2D eigenvalue weighted by Crippen LogP contribution is -2.06. The number of hydrogen-bond donors (Lipinski definition) is 1. The van der Waals surface area contributed by atoms with Crippen LogP contribution < -0.4 is 5.32 Å². The molecule has 0 aliphatic carbocycles. The fraction of sp³-hybridized carbons (Fsp3) is 0.333. The van der Waals surface area contributed by atoms with E-state index in [4.69, 9.17) is 11.6 Å². The van der Waals surface area contributed by atoms with Crippen molar-refractivity contribution in [1.82, 2.24) is 5.32 Å². The summed E-state index contributed by atoms with van der Waals surface area (Å²) in [4.78, 5) is 0.180. The third-order valence-corrected chi connectivity index (χ3v) is 3.36. The molecule has 0 saturated carbocycles. The van der Waals surface area contributed by atoms with Crippen LogP contribution in [-0.4, -0.2) is 21.7 Å². The SMILES string of the molecule is CNCc1ccc(S(C)(=O)=O)c(Cl)c1. The van der Waals surface area contributed by atoms with Crippen LogP contribution in [-0.2, 0) is 16.4 Å². The molecule has 1 aromatic rings. The Hall–Kier alpha value is -0.580. The van der Waals surface area contributed by atoms with Gasteiger partial charge in [-0.1, -0.05) is 17.7 Å². The van der Waals surface area contributed by atoms with E-state index < -0.39 is 9.84 Å². The van der Waals surface area contributed by atoms with Crippen molar-refractivity contribution in [2.24, 2.45) is 0 Å². The maximum absolute atomic E-state index is 11.2. The summed E-state index contributed by atoms with van der Waals surface area (Å²) in [5.74, 6) is 0. The maximum Gasteiger partial charge on any atom is 0.176 e. The molecule has 0 amide bonds. The summed E-state index contributed by atoms with van der Waals surface area (Å²) in [5, 5.41) is 3.24. The second kappa shape index (κ2) is 4.29. The molecule has 78 valence electrons. The largest absolute Gasteiger partial charge is 0.316 e. The molecular formula is C9H12ClNO2S. The molecule has 0 aromatic heterocycles. The van der Waals surface area contributed by atoms with Crippen LogP contribution in [0, 0.1) is 0 Å². The minimum Gasteiger partial charge on any atom is -0.316 e. The van der Waals surface area contributed by atoms with Crippen LogP contribution in [0.25, 0.3) is 0 Å². The average Bonchev–Trinajstić information content (AvgIpc) is 2.02. The molecule has 0 heterocycles. The van der Waals surface area contributed by atoms with E-state index in [1.165, 1.54) is 6.07 Å². The van der Waals surface area contributed by atoms with Crippen LogP contribution in [0.2, 0.25) is 5.02 Å². The highest BCUT2D eigenvalue weighted by molar-refractivity contribution is 7.90. The van der Waals surface area contributed by atoms with Gasteiger partial charge >= 0.3 is 0 Å². The van der Waals surface area contributed by atoms with Crippen molar-refractivity contribution in [3.05, 3.63) is 28.8 Å². The normalized spacial score (nSPS) is 11.6. The van der Waals surface area contributed by atoms with Crippen molar-refractivity contribution in [2.75, 3.05) is 13.3 Å². The smallest absolute Gasteiger partial charge is 0.176 e. The van der Waals surface area contributed by atoms with Crippen LogP contribution in [0.5, 0.6) is 0 Å². The second-order valence-electron chi connectivity index (χ2n) is 3.07. The molecule has 5 heteroatoms. The summed E-state index contributed by atoms with van der Waals surface area (Å²) < 4.78 is 22.4. The van der Waals surface area contributed by atoms with Gasteiger partial charge in [0, 0.05) is 12.8 Å². The van der Waals surface area contributed by atoms with Crippen LogP contribution in [0.15, 0.2) is 23.1 Å². The zero-order valence-electron chi connectivity index (χ0n) is 8.04. The molecule has 0 unspecified atom stereocenters. The Kier molecular flexibility index (Phi) is 3.53. The van der Waals surface area contributed by atoms with Gasteiger partial charge in [0.1, 0.15) is 0 Å². The van der Waals surface area contributed by atoms with Crippen molar-refractivity contribution in [2.45, 2.75) is 11.4 Å². The number of nitrogens with one attached hydrogen (secondary N) is 1. The monoisotopic (exact) mass is 233 g/mol. The molecule has 14 heavy (non-hydrogen) atoms. The second-order valence-corrected chi connectivity index (χ2v) is 5.46. The number of hydrogen-bond acceptors (Lipinski definition) is 3. The zero-order chi connectivity index (χ0) is 10.8. The summed E-state index contributed by atoms with van der Waals surface area (Å²) >= 11 is 5.84. The molecule has 0 aliphatic heterocycles. The molecule has 0 atom stereocenters. The first-order chi connectivity index (χ1) is 6.45. The summed E-state index contributed by atoms with van der Waals surface area (Å²) in [7, 11) is -1.40. The van der Waals surface area contributed by atoms with Crippen molar-refractivity contribution < 1.29 is 8.42 Å². The highest BCUT2D eigenvalue weighted by Crippen LogP contribution is 2.22. The quantitative estimate of drug-likeness (QED) is 0.860. The van der Waals surface area contributed by atoms with Gasteiger partial charge in [0.2, 0.25) is 0 Å². The van der Waals surface area contributed by atoms with Gasteiger partial charge in [0.25, 0.3) is 0 Å². The Bertz CT molecular complexity index is 428. The number of benzene rings is 1. The first-order valence-corrected chi connectivity index (χ1v) is 6.35.